The van der Waals surface area contributed by atoms with Gasteiger partial charge in [-0.1, -0.05) is 24.3 Å². The minimum atomic E-state index is -4.15. The van der Waals surface area contributed by atoms with E-state index in [1.54, 1.807) is 55.5 Å². The molecule has 0 unspecified atom stereocenters. The summed E-state index contributed by atoms with van der Waals surface area (Å²) in [6.07, 6.45) is 0. The lowest BCUT2D eigenvalue weighted by molar-refractivity contribution is 0.0999. The maximum absolute atomic E-state index is 13.5. The normalized spacial score (nSPS) is 14.8. The number of ketones is 1. The second-order valence-electron chi connectivity index (χ2n) is 7.48. The van der Waals surface area contributed by atoms with Gasteiger partial charge < -0.3 is 4.74 Å². The Hall–Kier alpha value is -3.65. The van der Waals surface area contributed by atoms with Crippen LogP contribution in [0.15, 0.2) is 71.6 Å². The zero-order valence-corrected chi connectivity index (χ0v) is 18.7. The summed E-state index contributed by atoms with van der Waals surface area (Å²) in [7, 11) is -2.62. The molecule has 0 aromatic heterocycles. The van der Waals surface area contributed by atoms with Crippen molar-refractivity contribution in [2.45, 2.75) is 18.7 Å². The molecule has 1 heterocycles. The summed E-state index contributed by atoms with van der Waals surface area (Å²) in [5.41, 5.74) is 2.37. The van der Waals surface area contributed by atoms with Gasteiger partial charge in [0.1, 0.15) is 10.6 Å². The average Bonchev–Trinajstić information content (AvgIpc) is 2.79. The third-order valence-corrected chi connectivity index (χ3v) is 7.32. The summed E-state index contributed by atoms with van der Waals surface area (Å²) in [6.45, 7) is 3.30. The van der Waals surface area contributed by atoms with E-state index in [1.807, 2.05) is 13.0 Å². The van der Waals surface area contributed by atoms with Crippen molar-refractivity contribution in [1.82, 2.24) is 0 Å². The molecule has 0 N–H and O–H groups in total. The fourth-order valence-corrected chi connectivity index (χ4v) is 5.32. The molecular formula is C24H22N2O5S. The van der Waals surface area contributed by atoms with Crippen molar-refractivity contribution in [1.29, 1.82) is 0 Å². The topological polar surface area (TPSA) is 84.0 Å². The highest BCUT2D eigenvalue weighted by atomic mass is 32.2. The number of sulfonamides is 1. The molecule has 0 spiro atoms. The Labute approximate surface area is 186 Å². The number of rotatable bonds is 5. The lowest BCUT2D eigenvalue weighted by Gasteiger charge is -2.36. The fraction of sp³-hybridized carbons (Fsp3) is 0.167. The molecule has 0 fully saturated rings. The van der Waals surface area contributed by atoms with E-state index in [0.717, 1.165) is 9.87 Å². The Bertz CT molecular complexity index is 1320. The number of ether oxygens (including phenoxy) is 1. The van der Waals surface area contributed by atoms with E-state index in [9.17, 15) is 18.0 Å². The number of nitrogens with zero attached hydrogens (tertiary/aromatic N) is 2. The fourth-order valence-electron chi connectivity index (χ4n) is 3.66. The van der Waals surface area contributed by atoms with Crippen LogP contribution in [0.3, 0.4) is 0 Å². The number of carbonyl (C=O) groups excluding carboxylic acids is 2. The number of para-hydroxylation sites is 1. The molecule has 3 aromatic rings. The minimum Gasteiger partial charge on any atom is -0.497 e. The van der Waals surface area contributed by atoms with Crippen molar-refractivity contribution in [3.63, 3.8) is 0 Å². The summed E-state index contributed by atoms with van der Waals surface area (Å²) in [5.74, 6) is 0.282. The summed E-state index contributed by atoms with van der Waals surface area (Å²) in [6, 6.07) is 17.1. The summed E-state index contributed by atoms with van der Waals surface area (Å²) < 4.78 is 32.8. The van der Waals surface area contributed by atoms with E-state index >= 15 is 0 Å². The van der Waals surface area contributed by atoms with Crippen molar-refractivity contribution in [2.24, 2.45) is 0 Å². The Morgan fingerprint density at radius 3 is 2.25 bits per heavy atom. The second-order valence-corrected chi connectivity index (χ2v) is 9.23. The number of Topliss-reactive ketones (excluding diaryl/α,β-unsaturated/α-hetero) is 1. The van der Waals surface area contributed by atoms with Crippen LogP contribution in [0.2, 0.25) is 0 Å². The lowest BCUT2D eigenvalue weighted by Crippen LogP contribution is -2.52. The van der Waals surface area contributed by atoms with Crippen molar-refractivity contribution in [3.8, 4) is 5.75 Å². The van der Waals surface area contributed by atoms with Crippen molar-refractivity contribution in [2.75, 3.05) is 22.9 Å². The Kier molecular flexibility index (Phi) is 5.48. The molecule has 32 heavy (non-hydrogen) atoms. The van der Waals surface area contributed by atoms with Crippen LogP contribution < -0.4 is 13.9 Å². The molecule has 0 atom stereocenters. The molecule has 1 aliphatic rings. The van der Waals surface area contributed by atoms with Crippen LogP contribution in [0.1, 0.15) is 21.5 Å². The number of urea groups is 1. The highest BCUT2D eigenvalue weighted by molar-refractivity contribution is 7.94. The lowest BCUT2D eigenvalue weighted by atomic mass is 10.1. The van der Waals surface area contributed by atoms with Crippen molar-refractivity contribution >= 4 is 33.2 Å². The smallest absolute Gasteiger partial charge is 0.343 e. The van der Waals surface area contributed by atoms with E-state index in [4.69, 9.17) is 4.74 Å². The van der Waals surface area contributed by atoms with Crippen molar-refractivity contribution < 1.29 is 22.7 Å². The van der Waals surface area contributed by atoms with Crippen LogP contribution >= 0.6 is 0 Å². The molecule has 2 amide bonds. The molecule has 3 aromatic carbocycles. The van der Waals surface area contributed by atoms with Gasteiger partial charge >= 0.3 is 6.03 Å². The zero-order valence-electron chi connectivity index (χ0n) is 17.9. The summed E-state index contributed by atoms with van der Waals surface area (Å²) in [5, 5.41) is 0. The first kappa shape index (κ1) is 21.6. The molecule has 1 aliphatic heterocycles. The maximum atomic E-state index is 13.5. The third kappa shape index (κ3) is 3.52. The van der Waals surface area contributed by atoms with Crippen LogP contribution in [-0.4, -0.2) is 33.9 Å². The van der Waals surface area contributed by atoms with Gasteiger partial charge in [0, 0.05) is 5.56 Å². The van der Waals surface area contributed by atoms with Crippen LogP contribution in [0.4, 0.5) is 16.2 Å². The maximum Gasteiger partial charge on any atom is 0.343 e. The van der Waals surface area contributed by atoms with Gasteiger partial charge in [-0.3, -0.25) is 9.69 Å². The quantitative estimate of drug-likeness (QED) is 0.540. The monoisotopic (exact) mass is 450 g/mol. The minimum absolute atomic E-state index is 0.0250. The highest BCUT2D eigenvalue weighted by Gasteiger charge is 2.43. The zero-order chi connectivity index (χ0) is 23.0. The van der Waals surface area contributed by atoms with Gasteiger partial charge in [-0.2, -0.15) is 4.31 Å². The van der Waals surface area contributed by atoms with E-state index in [0.29, 0.717) is 16.9 Å². The SMILES string of the molecule is COc1ccc(C(=O)CN2C(=O)N(c3cccc(C)c3C)S(=O)(=O)c3ccccc32)cc1. The Balaban J connectivity index is 1.80. The van der Waals surface area contributed by atoms with E-state index in [1.165, 1.54) is 24.1 Å². The standard InChI is InChI=1S/C24H22N2O5S/c1-16-7-6-9-20(17(16)2)26-24(28)25(21-8-4-5-10-23(21)32(26,29)30)15-22(27)18-11-13-19(31-3)14-12-18/h4-14H,15H2,1-3H3. The van der Waals surface area contributed by atoms with Gasteiger partial charge in [-0.15, -0.1) is 0 Å². The number of hydrogen-bond acceptors (Lipinski definition) is 5. The van der Waals surface area contributed by atoms with Gasteiger partial charge in [0.05, 0.1) is 25.0 Å². The van der Waals surface area contributed by atoms with Gasteiger partial charge in [0.15, 0.2) is 5.78 Å². The molecule has 0 aliphatic carbocycles. The van der Waals surface area contributed by atoms with E-state index in [2.05, 4.69) is 0 Å². The first-order valence-corrected chi connectivity index (χ1v) is 11.4. The first-order valence-electron chi connectivity index (χ1n) is 9.95. The second kappa shape index (κ2) is 8.12. The summed E-state index contributed by atoms with van der Waals surface area (Å²) in [4.78, 5) is 27.7. The Morgan fingerprint density at radius 1 is 0.906 bits per heavy atom. The number of hydrogen-bond donors (Lipinski definition) is 0. The molecule has 164 valence electrons. The van der Waals surface area contributed by atoms with Crippen LogP contribution in [0.25, 0.3) is 0 Å². The largest absolute Gasteiger partial charge is 0.497 e. The highest BCUT2D eigenvalue weighted by Crippen LogP contribution is 2.38. The predicted molar refractivity (Wildman–Crippen MR) is 122 cm³/mol. The van der Waals surface area contributed by atoms with Gasteiger partial charge in [0.2, 0.25) is 0 Å². The van der Waals surface area contributed by atoms with Crippen LogP contribution in [0.5, 0.6) is 5.75 Å². The van der Waals surface area contributed by atoms with Crippen LogP contribution in [0, 0.1) is 13.8 Å². The molecule has 0 radical (unpaired) electrons. The molecular weight excluding hydrogens is 428 g/mol. The first-order chi connectivity index (χ1) is 15.3. The van der Waals surface area contributed by atoms with Gasteiger partial charge in [-0.05, 0) is 67.4 Å². The molecule has 0 bridgehead atoms. The number of methoxy groups -OCH3 is 1. The Morgan fingerprint density at radius 2 is 1.56 bits per heavy atom. The number of carbonyl (C=O) groups is 2. The molecule has 7 nitrogen and oxygen atoms in total. The van der Waals surface area contributed by atoms with Crippen LogP contribution in [-0.2, 0) is 10.0 Å². The number of benzene rings is 3. The number of anilines is 2. The molecule has 8 heteroatoms. The van der Waals surface area contributed by atoms with E-state index < -0.39 is 16.1 Å². The molecule has 0 saturated heterocycles. The third-order valence-electron chi connectivity index (χ3n) is 5.59. The average molecular weight is 451 g/mol. The van der Waals surface area contributed by atoms with E-state index in [-0.39, 0.29) is 28.6 Å². The number of aryl methyl sites for hydroxylation is 1. The summed E-state index contributed by atoms with van der Waals surface area (Å²) >= 11 is 0. The molecule has 0 saturated carbocycles. The number of fused-ring (bicyclic) bond motifs is 1. The number of amides is 2. The molecule has 4 rings (SSSR count). The predicted octanol–water partition coefficient (Wildman–Crippen LogP) is 4.33. The van der Waals surface area contributed by atoms with Gasteiger partial charge in [-0.25, -0.2) is 13.2 Å². The van der Waals surface area contributed by atoms with Gasteiger partial charge in [0.25, 0.3) is 10.0 Å². The van der Waals surface area contributed by atoms with Crippen molar-refractivity contribution in [3.05, 3.63) is 83.4 Å².